The van der Waals surface area contributed by atoms with E-state index in [-0.39, 0.29) is 24.4 Å². The van der Waals surface area contributed by atoms with Crippen LogP contribution < -0.4 is 5.73 Å². The maximum absolute atomic E-state index is 11.2. The van der Waals surface area contributed by atoms with E-state index in [2.05, 4.69) is 11.3 Å². The molecule has 0 amide bonds. The first-order chi connectivity index (χ1) is 7.69. The summed E-state index contributed by atoms with van der Waals surface area (Å²) < 4.78 is 4.62. The normalized spacial score (nSPS) is 11.2. The third-order valence-corrected chi connectivity index (χ3v) is 2.44. The Labute approximate surface area is 108 Å². The van der Waals surface area contributed by atoms with Crippen LogP contribution in [0.25, 0.3) is 0 Å². The van der Waals surface area contributed by atoms with Crippen LogP contribution in [-0.4, -0.2) is 13.1 Å². The summed E-state index contributed by atoms with van der Waals surface area (Å²) >= 11 is 0. The van der Waals surface area contributed by atoms with Crippen molar-refractivity contribution in [1.29, 1.82) is 0 Å². The van der Waals surface area contributed by atoms with E-state index in [4.69, 9.17) is 5.73 Å². The molecule has 1 aromatic rings. The lowest BCUT2D eigenvalue weighted by atomic mass is 10.0. The molecule has 0 spiro atoms. The number of nitrogens with two attached hydrogens (primary N) is 1. The van der Waals surface area contributed by atoms with Crippen LogP contribution in [0.2, 0.25) is 0 Å². The van der Waals surface area contributed by atoms with Gasteiger partial charge >= 0.3 is 5.97 Å². The van der Waals surface area contributed by atoms with E-state index in [1.807, 2.05) is 18.2 Å². The second-order valence-corrected chi connectivity index (χ2v) is 3.59. The van der Waals surface area contributed by atoms with Crippen LogP contribution in [0.5, 0.6) is 0 Å². The summed E-state index contributed by atoms with van der Waals surface area (Å²) in [7, 11) is 1.37. The van der Waals surface area contributed by atoms with Crippen molar-refractivity contribution < 1.29 is 9.53 Å². The molecule has 0 unspecified atom stereocenters. The van der Waals surface area contributed by atoms with Gasteiger partial charge in [0.1, 0.15) is 0 Å². The van der Waals surface area contributed by atoms with E-state index < -0.39 is 0 Å². The fraction of sp³-hybridized carbons (Fsp3) is 0.308. The zero-order valence-electron chi connectivity index (χ0n) is 9.89. The third-order valence-electron chi connectivity index (χ3n) is 2.44. The summed E-state index contributed by atoms with van der Waals surface area (Å²) in [5.41, 5.74) is 7.54. The number of methoxy groups -OCH3 is 1. The highest BCUT2D eigenvalue weighted by Gasteiger charge is 2.08. The number of halogens is 1. The molecule has 94 valence electrons. The van der Waals surface area contributed by atoms with Crippen molar-refractivity contribution in [2.45, 2.75) is 18.9 Å². The Kier molecular flexibility index (Phi) is 7.26. The maximum atomic E-state index is 11.2. The predicted molar refractivity (Wildman–Crippen MR) is 71.4 cm³/mol. The summed E-state index contributed by atoms with van der Waals surface area (Å²) in [6.07, 6.45) is 3.60. The van der Waals surface area contributed by atoms with Gasteiger partial charge in [0.25, 0.3) is 0 Å². The largest absolute Gasteiger partial charge is 0.465 e. The molecule has 0 bridgehead atoms. The molecule has 0 aromatic heterocycles. The highest BCUT2D eigenvalue weighted by Crippen LogP contribution is 2.16. The molecule has 3 nitrogen and oxygen atoms in total. The molecule has 0 heterocycles. The van der Waals surface area contributed by atoms with Gasteiger partial charge in [-0.15, -0.1) is 19.0 Å². The van der Waals surface area contributed by atoms with Gasteiger partial charge in [0.05, 0.1) is 12.7 Å². The van der Waals surface area contributed by atoms with Gasteiger partial charge < -0.3 is 10.5 Å². The van der Waals surface area contributed by atoms with Crippen molar-refractivity contribution in [3.05, 3.63) is 48.0 Å². The molecule has 2 N–H and O–H groups in total. The minimum Gasteiger partial charge on any atom is -0.465 e. The van der Waals surface area contributed by atoms with E-state index >= 15 is 0 Å². The summed E-state index contributed by atoms with van der Waals surface area (Å²) in [6, 6.07) is 7.17. The zero-order valence-corrected chi connectivity index (χ0v) is 10.7. The maximum Gasteiger partial charge on any atom is 0.337 e. The van der Waals surface area contributed by atoms with E-state index in [9.17, 15) is 4.79 Å². The first-order valence-electron chi connectivity index (χ1n) is 5.23. The van der Waals surface area contributed by atoms with E-state index in [0.29, 0.717) is 5.56 Å². The predicted octanol–water partition coefficient (Wildman–Crippen LogP) is 2.86. The quantitative estimate of drug-likeness (QED) is 0.650. The second-order valence-electron chi connectivity index (χ2n) is 3.59. The van der Waals surface area contributed by atoms with Crippen molar-refractivity contribution in [1.82, 2.24) is 0 Å². The number of hydrogen-bond acceptors (Lipinski definition) is 3. The molecule has 1 rings (SSSR count). The van der Waals surface area contributed by atoms with Crippen LogP contribution in [0.4, 0.5) is 0 Å². The number of ether oxygens (including phenoxy) is 1. The number of carbonyl (C=O) groups excluding carboxylic acids is 1. The highest BCUT2D eigenvalue weighted by molar-refractivity contribution is 5.89. The summed E-state index contributed by atoms with van der Waals surface area (Å²) in [5, 5.41) is 0. The van der Waals surface area contributed by atoms with Crippen LogP contribution in [-0.2, 0) is 4.74 Å². The SMILES string of the molecule is C=CCC[C@@H](N)c1ccc(C(=O)OC)cc1.Cl. The minimum atomic E-state index is -0.328. The van der Waals surface area contributed by atoms with Crippen molar-refractivity contribution in [3.63, 3.8) is 0 Å². The molecular weight excluding hydrogens is 238 g/mol. The molecule has 0 radical (unpaired) electrons. The first-order valence-corrected chi connectivity index (χ1v) is 5.23. The monoisotopic (exact) mass is 255 g/mol. The molecule has 1 aromatic carbocycles. The number of esters is 1. The van der Waals surface area contributed by atoms with Crippen molar-refractivity contribution in [2.75, 3.05) is 7.11 Å². The van der Waals surface area contributed by atoms with Gasteiger partial charge in [-0.2, -0.15) is 0 Å². The van der Waals surface area contributed by atoms with E-state index in [1.54, 1.807) is 12.1 Å². The van der Waals surface area contributed by atoms with Gasteiger partial charge in [0.2, 0.25) is 0 Å². The molecule has 0 aliphatic carbocycles. The van der Waals surface area contributed by atoms with Crippen LogP contribution in [0.1, 0.15) is 34.8 Å². The van der Waals surface area contributed by atoms with Gasteiger partial charge in [-0.3, -0.25) is 0 Å². The molecular formula is C13H18ClNO2. The highest BCUT2D eigenvalue weighted by atomic mass is 35.5. The molecule has 4 heteroatoms. The van der Waals surface area contributed by atoms with Crippen molar-refractivity contribution >= 4 is 18.4 Å². The van der Waals surface area contributed by atoms with Gasteiger partial charge in [-0.25, -0.2) is 4.79 Å². The summed E-state index contributed by atoms with van der Waals surface area (Å²) in [4.78, 5) is 11.2. The summed E-state index contributed by atoms with van der Waals surface area (Å²) in [5.74, 6) is -0.328. The average molecular weight is 256 g/mol. The first kappa shape index (κ1) is 15.7. The third kappa shape index (κ3) is 4.59. The Hall–Kier alpha value is -1.32. The van der Waals surface area contributed by atoms with Crippen LogP contribution >= 0.6 is 12.4 Å². The van der Waals surface area contributed by atoms with Gasteiger partial charge in [-0.05, 0) is 30.5 Å². The number of carbonyl (C=O) groups is 1. The fourth-order valence-corrected chi connectivity index (χ4v) is 1.45. The Bertz CT molecular complexity index is 362. The molecule has 0 saturated heterocycles. The molecule has 1 atom stereocenters. The lowest BCUT2D eigenvalue weighted by Gasteiger charge is -2.10. The molecule has 17 heavy (non-hydrogen) atoms. The van der Waals surface area contributed by atoms with E-state index in [0.717, 1.165) is 18.4 Å². The van der Waals surface area contributed by atoms with Gasteiger partial charge in [0, 0.05) is 6.04 Å². The Morgan fingerprint density at radius 3 is 2.53 bits per heavy atom. The molecule has 0 saturated carbocycles. The number of hydrogen-bond donors (Lipinski definition) is 1. The summed E-state index contributed by atoms with van der Waals surface area (Å²) in [6.45, 7) is 3.66. The number of allylic oxidation sites excluding steroid dienone is 1. The van der Waals surface area contributed by atoms with Gasteiger partial charge in [0.15, 0.2) is 0 Å². The van der Waals surface area contributed by atoms with E-state index in [1.165, 1.54) is 7.11 Å². The molecule has 0 fully saturated rings. The van der Waals surface area contributed by atoms with Crippen LogP contribution in [0.3, 0.4) is 0 Å². The molecule has 0 aliphatic heterocycles. The van der Waals surface area contributed by atoms with Crippen LogP contribution in [0.15, 0.2) is 36.9 Å². The Morgan fingerprint density at radius 1 is 1.47 bits per heavy atom. The van der Waals surface area contributed by atoms with Crippen molar-refractivity contribution in [3.8, 4) is 0 Å². The lowest BCUT2D eigenvalue weighted by Crippen LogP contribution is -2.10. The van der Waals surface area contributed by atoms with Crippen LogP contribution in [0, 0.1) is 0 Å². The minimum absolute atomic E-state index is 0. The Balaban J connectivity index is 0.00000256. The van der Waals surface area contributed by atoms with Gasteiger partial charge in [-0.1, -0.05) is 18.2 Å². The smallest absolute Gasteiger partial charge is 0.337 e. The lowest BCUT2D eigenvalue weighted by molar-refractivity contribution is 0.0600. The van der Waals surface area contributed by atoms with Crippen molar-refractivity contribution in [2.24, 2.45) is 5.73 Å². The topological polar surface area (TPSA) is 52.3 Å². The zero-order chi connectivity index (χ0) is 12.0. The molecule has 0 aliphatic rings. The second kappa shape index (κ2) is 7.87. The number of benzene rings is 1. The standard InChI is InChI=1S/C13H17NO2.ClH/c1-3-4-5-12(14)10-6-8-11(9-7-10)13(15)16-2;/h3,6-9,12H,1,4-5,14H2,2H3;1H/t12-;/m1./s1. The average Bonchev–Trinajstić information content (AvgIpc) is 2.35. The number of rotatable bonds is 5. The fourth-order valence-electron chi connectivity index (χ4n) is 1.45. The Morgan fingerprint density at radius 2 is 2.06 bits per heavy atom.